The number of para-hydroxylation sites is 1. The highest BCUT2D eigenvalue weighted by atomic mass is 16.5. The van der Waals surface area contributed by atoms with Gasteiger partial charge in [-0.15, -0.1) is 0 Å². The molecule has 1 N–H and O–H groups in total. The van der Waals surface area contributed by atoms with E-state index in [1.807, 2.05) is 78.9 Å². The third kappa shape index (κ3) is 4.33. The number of fused-ring (bicyclic) bond motifs is 1. The number of hydrogen-bond donors (Lipinski definition) is 1. The topological polar surface area (TPSA) is 55.4 Å². The lowest BCUT2D eigenvalue weighted by Gasteiger charge is -2.13. The standard InChI is InChI=1S/C25H19NO3/c27-23(17-18-9-3-1-4-10-18)29-24-21-14-8-7-11-19(21)15-16-22(24)25(28)26-20-12-5-2-6-13-20/h1-16H,17H2,(H,26,28). The van der Waals surface area contributed by atoms with Crippen LogP contribution in [0.1, 0.15) is 15.9 Å². The summed E-state index contributed by atoms with van der Waals surface area (Å²) in [6, 6.07) is 29.6. The van der Waals surface area contributed by atoms with Crippen LogP contribution in [0.2, 0.25) is 0 Å². The molecule has 29 heavy (non-hydrogen) atoms. The lowest BCUT2D eigenvalue weighted by molar-refractivity contribution is -0.133. The Kier molecular flexibility index (Phi) is 5.34. The van der Waals surface area contributed by atoms with E-state index in [0.29, 0.717) is 11.3 Å². The summed E-state index contributed by atoms with van der Waals surface area (Å²) in [5.41, 5.74) is 1.84. The molecule has 4 aromatic carbocycles. The quantitative estimate of drug-likeness (QED) is 0.380. The minimum absolute atomic E-state index is 0.129. The number of ether oxygens (including phenoxy) is 1. The van der Waals surface area contributed by atoms with Gasteiger partial charge in [0.15, 0.2) is 5.75 Å². The van der Waals surface area contributed by atoms with Gasteiger partial charge in [0, 0.05) is 11.1 Å². The van der Waals surface area contributed by atoms with E-state index in [9.17, 15) is 9.59 Å². The van der Waals surface area contributed by atoms with Gasteiger partial charge in [-0.1, -0.05) is 78.9 Å². The Morgan fingerprint density at radius 1 is 0.724 bits per heavy atom. The molecule has 0 saturated heterocycles. The molecule has 4 aromatic rings. The number of anilines is 1. The van der Waals surface area contributed by atoms with Crippen molar-refractivity contribution in [3.05, 3.63) is 108 Å². The summed E-state index contributed by atoms with van der Waals surface area (Å²) in [6.45, 7) is 0. The third-order valence-corrected chi connectivity index (χ3v) is 4.56. The van der Waals surface area contributed by atoms with E-state index in [1.165, 1.54) is 0 Å². The fourth-order valence-corrected chi connectivity index (χ4v) is 3.16. The van der Waals surface area contributed by atoms with Crippen molar-refractivity contribution in [2.24, 2.45) is 0 Å². The molecule has 0 atom stereocenters. The number of esters is 1. The zero-order valence-electron chi connectivity index (χ0n) is 15.7. The van der Waals surface area contributed by atoms with Gasteiger partial charge in [-0.2, -0.15) is 0 Å². The van der Waals surface area contributed by atoms with E-state index in [1.54, 1.807) is 18.2 Å². The van der Waals surface area contributed by atoms with Crippen molar-refractivity contribution < 1.29 is 14.3 Å². The number of benzene rings is 4. The van der Waals surface area contributed by atoms with E-state index >= 15 is 0 Å². The van der Waals surface area contributed by atoms with Crippen molar-refractivity contribution in [2.75, 3.05) is 5.32 Å². The van der Waals surface area contributed by atoms with Crippen LogP contribution in [0.15, 0.2) is 97.1 Å². The molecule has 4 nitrogen and oxygen atoms in total. The first-order valence-electron chi connectivity index (χ1n) is 9.33. The first-order chi connectivity index (χ1) is 14.2. The number of amides is 1. The Bertz CT molecular complexity index is 1150. The summed E-state index contributed by atoms with van der Waals surface area (Å²) >= 11 is 0. The van der Waals surface area contributed by atoms with Crippen LogP contribution in [0, 0.1) is 0 Å². The van der Waals surface area contributed by atoms with E-state index in [4.69, 9.17) is 4.74 Å². The summed E-state index contributed by atoms with van der Waals surface area (Å²) in [7, 11) is 0. The van der Waals surface area contributed by atoms with Crippen LogP contribution in [0.5, 0.6) is 5.75 Å². The second-order valence-electron chi connectivity index (χ2n) is 6.62. The summed E-state index contributed by atoms with van der Waals surface area (Å²) in [6.07, 6.45) is 0.129. The predicted octanol–water partition coefficient (Wildman–Crippen LogP) is 5.24. The van der Waals surface area contributed by atoms with Crippen LogP contribution in [-0.2, 0) is 11.2 Å². The number of hydrogen-bond acceptors (Lipinski definition) is 3. The average Bonchev–Trinajstić information content (AvgIpc) is 2.75. The minimum Gasteiger partial charge on any atom is -0.425 e. The largest absolute Gasteiger partial charge is 0.425 e. The molecule has 0 aliphatic rings. The van der Waals surface area contributed by atoms with E-state index in [2.05, 4.69) is 5.32 Å². The van der Waals surface area contributed by atoms with Crippen LogP contribution in [0.3, 0.4) is 0 Å². The van der Waals surface area contributed by atoms with Gasteiger partial charge in [0.2, 0.25) is 0 Å². The van der Waals surface area contributed by atoms with Gasteiger partial charge in [0.25, 0.3) is 5.91 Å². The van der Waals surface area contributed by atoms with E-state index in [-0.39, 0.29) is 18.1 Å². The highest BCUT2D eigenvalue weighted by Gasteiger charge is 2.19. The van der Waals surface area contributed by atoms with Gasteiger partial charge in [0.1, 0.15) is 0 Å². The van der Waals surface area contributed by atoms with Gasteiger partial charge < -0.3 is 10.1 Å². The molecular weight excluding hydrogens is 362 g/mol. The summed E-state index contributed by atoms with van der Waals surface area (Å²) in [5.74, 6) is -0.469. The van der Waals surface area contributed by atoms with Crippen molar-refractivity contribution in [2.45, 2.75) is 6.42 Å². The molecule has 0 aliphatic carbocycles. The van der Waals surface area contributed by atoms with Crippen LogP contribution in [-0.4, -0.2) is 11.9 Å². The zero-order valence-corrected chi connectivity index (χ0v) is 15.7. The van der Waals surface area contributed by atoms with Crippen molar-refractivity contribution >= 4 is 28.3 Å². The van der Waals surface area contributed by atoms with Crippen LogP contribution in [0.25, 0.3) is 10.8 Å². The second-order valence-corrected chi connectivity index (χ2v) is 6.62. The van der Waals surface area contributed by atoms with Crippen molar-refractivity contribution in [3.8, 4) is 5.75 Å². The number of rotatable bonds is 5. The molecule has 1 amide bonds. The molecule has 0 heterocycles. The molecule has 0 radical (unpaired) electrons. The second kappa shape index (κ2) is 8.40. The summed E-state index contributed by atoms with van der Waals surface area (Å²) in [4.78, 5) is 25.5. The summed E-state index contributed by atoms with van der Waals surface area (Å²) in [5, 5.41) is 4.47. The molecule has 0 aromatic heterocycles. The summed E-state index contributed by atoms with van der Waals surface area (Å²) < 4.78 is 5.72. The fraction of sp³-hybridized carbons (Fsp3) is 0.0400. The van der Waals surface area contributed by atoms with Gasteiger partial charge in [-0.05, 0) is 29.1 Å². The highest BCUT2D eigenvalue weighted by Crippen LogP contribution is 2.31. The number of nitrogens with one attached hydrogen (secondary N) is 1. The maximum Gasteiger partial charge on any atom is 0.315 e. The monoisotopic (exact) mass is 381 g/mol. The molecule has 0 fully saturated rings. The third-order valence-electron chi connectivity index (χ3n) is 4.56. The molecular formula is C25H19NO3. The van der Waals surface area contributed by atoms with Gasteiger partial charge in [-0.3, -0.25) is 9.59 Å². The molecule has 0 bridgehead atoms. The van der Waals surface area contributed by atoms with Crippen LogP contribution in [0.4, 0.5) is 5.69 Å². The van der Waals surface area contributed by atoms with Gasteiger partial charge >= 0.3 is 5.97 Å². The van der Waals surface area contributed by atoms with Crippen LogP contribution < -0.4 is 10.1 Å². The first kappa shape index (κ1) is 18.4. The maximum absolute atomic E-state index is 12.9. The molecule has 0 saturated carbocycles. The highest BCUT2D eigenvalue weighted by molar-refractivity contribution is 6.10. The Labute approximate surface area is 168 Å². The fourth-order valence-electron chi connectivity index (χ4n) is 3.16. The van der Waals surface area contributed by atoms with Gasteiger partial charge in [-0.25, -0.2) is 0 Å². The predicted molar refractivity (Wildman–Crippen MR) is 114 cm³/mol. The number of carbonyl (C=O) groups is 2. The smallest absolute Gasteiger partial charge is 0.315 e. The average molecular weight is 381 g/mol. The minimum atomic E-state index is -0.415. The Balaban J connectivity index is 1.67. The molecule has 0 aliphatic heterocycles. The Morgan fingerprint density at radius 3 is 2.14 bits per heavy atom. The zero-order chi connectivity index (χ0) is 20.1. The Hall–Kier alpha value is -3.92. The van der Waals surface area contributed by atoms with Crippen molar-refractivity contribution in [1.82, 2.24) is 0 Å². The first-order valence-corrected chi connectivity index (χ1v) is 9.33. The Morgan fingerprint density at radius 2 is 1.38 bits per heavy atom. The lowest BCUT2D eigenvalue weighted by Crippen LogP contribution is -2.17. The molecule has 4 heteroatoms. The molecule has 4 rings (SSSR count). The maximum atomic E-state index is 12.9. The van der Waals surface area contributed by atoms with Crippen molar-refractivity contribution in [3.63, 3.8) is 0 Å². The van der Waals surface area contributed by atoms with Crippen molar-refractivity contribution in [1.29, 1.82) is 0 Å². The van der Waals surface area contributed by atoms with E-state index < -0.39 is 5.97 Å². The molecule has 142 valence electrons. The van der Waals surface area contributed by atoms with E-state index in [0.717, 1.165) is 16.3 Å². The number of carbonyl (C=O) groups excluding carboxylic acids is 2. The SMILES string of the molecule is O=C(Cc1ccccc1)Oc1c(C(=O)Nc2ccccc2)ccc2ccccc12. The molecule has 0 unspecified atom stereocenters. The normalized spacial score (nSPS) is 10.5. The lowest BCUT2D eigenvalue weighted by atomic mass is 10.0. The molecule has 0 spiro atoms. The van der Waals surface area contributed by atoms with Gasteiger partial charge in [0.05, 0.1) is 12.0 Å². The van der Waals surface area contributed by atoms with Crippen LogP contribution >= 0.6 is 0 Å².